The van der Waals surface area contributed by atoms with Gasteiger partial charge in [0.05, 0.1) is 11.8 Å². The molecule has 3 N–H and O–H groups in total. The summed E-state index contributed by atoms with van der Waals surface area (Å²) >= 11 is 1.52. The van der Waals surface area contributed by atoms with Gasteiger partial charge in [-0.05, 0) is 64.1 Å². The van der Waals surface area contributed by atoms with Gasteiger partial charge in [0.15, 0.2) is 5.13 Å². The van der Waals surface area contributed by atoms with E-state index in [9.17, 15) is 5.11 Å². The van der Waals surface area contributed by atoms with Crippen LogP contribution in [0.4, 0.5) is 16.9 Å². The maximum Gasteiger partial charge on any atom is 0.225 e. The summed E-state index contributed by atoms with van der Waals surface area (Å²) in [6, 6.07) is 6.77. The number of aliphatic hydroxyl groups excluding tert-OH is 1. The number of nitrogens with zero attached hydrogens (tertiary/aromatic N) is 5. The van der Waals surface area contributed by atoms with Crippen molar-refractivity contribution < 1.29 is 5.11 Å². The predicted molar refractivity (Wildman–Crippen MR) is 124 cm³/mol. The van der Waals surface area contributed by atoms with Crippen LogP contribution >= 0.6 is 11.3 Å². The Morgan fingerprint density at radius 2 is 2.03 bits per heavy atom. The molecule has 1 saturated carbocycles. The van der Waals surface area contributed by atoms with Crippen molar-refractivity contribution in [3.05, 3.63) is 30.1 Å². The zero-order valence-electron chi connectivity index (χ0n) is 17.8. The summed E-state index contributed by atoms with van der Waals surface area (Å²) in [5.74, 6) is 1.39. The second-order valence-electron chi connectivity index (χ2n) is 8.65. The smallest absolute Gasteiger partial charge is 0.225 e. The standard InChI is InChI=1S/C22H29N7OS/c1-14-4-3-11-29(14)13-16-12-19(28-22-26-18-5-2-10-23-20(18)31-22)27-21(25-16)24-15-6-8-17(30)9-7-15/h2,5,10,12,14-15,17,30H,3-4,6-9,11,13H2,1H3,(H2,24,25,26,27,28)/t14?,15-,17-. The average molecular weight is 440 g/mol. The van der Waals surface area contributed by atoms with Crippen LogP contribution in [0.2, 0.25) is 0 Å². The van der Waals surface area contributed by atoms with Crippen molar-refractivity contribution in [2.45, 2.75) is 70.2 Å². The van der Waals surface area contributed by atoms with Crippen LogP contribution in [-0.2, 0) is 6.54 Å². The maximum atomic E-state index is 9.80. The van der Waals surface area contributed by atoms with E-state index in [2.05, 4.69) is 32.4 Å². The predicted octanol–water partition coefficient (Wildman–Crippen LogP) is 3.92. The molecule has 2 aliphatic rings. The SMILES string of the molecule is CC1CCCN1Cc1cc(Nc2nc3cccnc3s2)nc(N[C@H]2CC[C@H](O)CC2)n1. The number of rotatable bonds is 6. The fourth-order valence-corrected chi connectivity index (χ4v) is 5.29. The highest BCUT2D eigenvalue weighted by atomic mass is 32.1. The Morgan fingerprint density at radius 1 is 1.16 bits per heavy atom. The number of aliphatic hydroxyl groups is 1. The molecule has 31 heavy (non-hydrogen) atoms. The summed E-state index contributed by atoms with van der Waals surface area (Å²) in [6.07, 6.45) is 7.61. The highest BCUT2D eigenvalue weighted by molar-refractivity contribution is 7.21. The van der Waals surface area contributed by atoms with Crippen LogP contribution in [0.1, 0.15) is 51.1 Å². The monoisotopic (exact) mass is 439 g/mol. The minimum Gasteiger partial charge on any atom is -0.393 e. The highest BCUT2D eigenvalue weighted by Gasteiger charge is 2.23. The summed E-state index contributed by atoms with van der Waals surface area (Å²) in [5, 5.41) is 17.5. The first-order valence-corrected chi connectivity index (χ1v) is 12.0. The van der Waals surface area contributed by atoms with Crippen LogP contribution in [0, 0.1) is 0 Å². The van der Waals surface area contributed by atoms with Crippen molar-refractivity contribution in [2.24, 2.45) is 0 Å². The Kier molecular flexibility index (Phi) is 5.97. The van der Waals surface area contributed by atoms with Gasteiger partial charge in [-0.1, -0.05) is 11.3 Å². The molecule has 1 saturated heterocycles. The molecule has 8 nitrogen and oxygen atoms in total. The first-order chi connectivity index (χ1) is 15.1. The van der Waals surface area contributed by atoms with Crippen molar-refractivity contribution in [1.29, 1.82) is 0 Å². The summed E-state index contributed by atoms with van der Waals surface area (Å²) in [7, 11) is 0. The van der Waals surface area contributed by atoms with E-state index in [0.29, 0.717) is 18.0 Å². The quantitative estimate of drug-likeness (QED) is 0.531. The molecule has 164 valence electrons. The van der Waals surface area contributed by atoms with Gasteiger partial charge in [0.25, 0.3) is 0 Å². The van der Waals surface area contributed by atoms with Crippen LogP contribution in [0.15, 0.2) is 24.4 Å². The number of likely N-dealkylation sites (tertiary alicyclic amines) is 1. The lowest BCUT2D eigenvalue weighted by atomic mass is 9.93. The fraction of sp³-hybridized carbons (Fsp3) is 0.545. The maximum absolute atomic E-state index is 9.80. The van der Waals surface area contributed by atoms with E-state index >= 15 is 0 Å². The molecule has 0 amide bonds. The number of fused-ring (bicyclic) bond motifs is 1. The molecule has 0 spiro atoms. The van der Waals surface area contributed by atoms with Crippen LogP contribution in [0.3, 0.4) is 0 Å². The lowest BCUT2D eigenvalue weighted by Gasteiger charge is -2.26. The molecular formula is C22H29N7OS. The van der Waals surface area contributed by atoms with Crippen molar-refractivity contribution in [1.82, 2.24) is 24.8 Å². The van der Waals surface area contributed by atoms with E-state index in [1.807, 2.05) is 18.2 Å². The lowest BCUT2D eigenvalue weighted by molar-refractivity contribution is 0.126. The van der Waals surface area contributed by atoms with Crippen molar-refractivity contribution >= 4 is 38.6 Å². The Hall–Kier alpha value is -2.36. The number of pyridine rings is 1. The Bertz CT molecular complexity index is 1000. The first kappa shape index (κ1) is 20.5. The van der Waals surface area contributed by atoms with E-state index in [1.54, 1.807) is 6.20 Å². The minimum absolute atomic E-state index is 0.174. The van der Waals surface area contributed by atoms with Gasteiger partial charge in [-0.3, -0.25) is 4.90 Å². The number of hydrogen-bond acceptors (Lipinski definition) is 9. The van der Waals surface area contributed by atoms with Crippen molar-refractivity contribution in [2.75, 3.05) is 17.2 Å². The van der Waals surface area contributed by atoms with E-state index in [4.69, 9.17) is 9.97 Å². The second kappa shape index (κ2) is 9.02. The van der Waals surface area contributed by atoms with Crippen LogP contribution < -0.4 is 10.6 Å². The van der Waals surface area contributed by atoms with Crippen molar-refractivity contribution in [3.8, 4) is 0 Å². The van der Waals surface area contributed by atoms with Gasteiger partial charge in [-0.2, -0.15) is 4.98 Å². The van der Waals surface area contributed by atoms with Gasteiger partial charge < -0.3 is 15.7 Å². The normalized spacial score (nSPS) is 24.5. The van der Waals surface area contributed by atoms with E-state index in [1.165, 1.54) is 24.2 Å². The third-order valence-electron chi connectivity index (χ3n) is 6.27. The van der Waals surface area contributed by atoms with Gasteiger partial charge in [0.2, 0.25) is 5.95 Å². The topological polar surface area (TPSA) is 99.1 Å². The van der Waals surface area contributed by atoms with Gasteiger partial charge in [0, 0.05) is 30.9 Å². The Balaban J connectivity index is 1.38. The number of anilines is 3. The zero-order valence-corrected chi connectivity index (χ0v) is 18.6. The molecule has 9 heteroatoms. The molecule has 5 rings (SSSR count). The number of nitrogens with one attached hydrogen (secondary N) is 2. The van der Waals surface area contributed by atoms with Gasteiger partial charge in [-0.15, -0.1) is 0 Å². The molecule has 1 atom stereocenters. The molecule has 1 unspecified atom stereocenters. The fourth-order valence-electron chi connectivity index (χ4n) is 4.48. The summed E-state index contributed by atoms with van der Waals surface area (Å²) in [5.41, 5.74) is 1.89. The molecule has 0 radical (unpaired) electrons. The second-order valence-corrected chi connectivity index (χ2v) is 9.63. The van der Waals surface area contributed by atoms with Crippen LogP contribution in [-0.4, -0.2) is 54.7 Å². The van der Waals surface area contributed by atoms with E-state index < -0.39 is 0 Å². The van der Waals surface area contributed by atoms with E-state index in [0.717, 1.165) is 65.8 Å². The van der Waals surface area contributed by atoms with Gasteiger partial charge in [-0.25, -0.2) is 15.0 Å². The zero-order chi connectivity index (χ0) is 21.2. The van der Waals surface area contributed by atoms with Gasteiger partial charge >= 0.3 is 0 Å². The number of thiazole rings is 1. The molecule has 2 fully saturated rings. The first-order valence-electron chi connectivity index (χ1n) is 11.2. The Morgan fingerprint density at radius 3 is 2.81 bits per heavy atom. The molecule has 3 aromatic rings. The largest absolute Gasteiger partial charge is 0.393 e. The van der Waals surface area contributed by atoms with E-state index in [-0.39, 0.29) is 6.10 Å². The lowest BCUT2D eigenvalue weighted by Crippen LogP contribution is -2.30. The third-order valence-corrected chi connectivity index (χ3v) is 7.16. The Labute approximate surface area is 186 Å². The minimum atomic E-state index is -0.174. The molecular weight excluding hydrogens is 410 g/mol. The summed E-state index contributed by atoms with van der Waals surface area (Å²) in [4.78, 5) is 22.0. The highest BCUT2D eigenvalue weighted by Crippen LogP contribution is 2.28. The number of hydrogen-bond donors (Lipinski definition) is 3. The molecule has 0 aromatic carbocycles. The molecule has 1 aliphatic heterocycles. The molecule has 0 bridgehead atoms. The average Bonchev–Trinajstić information content (AvgIpc) is 3.35. The molecule has 3 aromatic heterocycles. The number of aromatic nitrogens is 4. The molecule has 4 heterocycles. The summed E-state index contributed by atoms with van der Waals surface area (Å²) < 4.78 is 0. The van der Waals surface area contributed by atoms with Crippen molar-refractivity contribution in [3.63, 3.8) is 0 Å². The summed E-state index contributed by atoms with van der Waals surface area (Å²) in [6.45, 7) is 4.21. The van der Waals surface area contributed by atoms with Crippen LogP contribution in [0.25, 0.3) is 10.3 Å². The third kappa shape index (κ3) is 4.94. The molecule has 1 aliphatic carbocycles. The van der Waals surface area contributed by atoms with Crippen LogP contribution in [0.5, 0.6) is 0 Å². The van der Waals surface area contributed by atoms with Gasteiger partial charge in [0.1, 0.15) is 16.2 Å².